The molecule has 0 spiro atoms. The van der Waals surface area contributed by atoms with Gasteiger partial charge in [-0.2, -0.15) is 0 Å². The van der Waals surface area contributed by atoms with Crippen LogP contribution in [0.1, 0.15) is 41.5 Å². The van der Waals surface area contributed by atoms with Crippen molar-refractivity contribution in [3.8, 4) is 0 Å². The summed E-state index contributed by atoms with van der Waals surface area (Å²) in [5.41, 5.74) is 3.57. The van der Waals surface area contributed by atoms with Gasteiger partial charge in [-0.15, -0.1) is 0 Å². The van der Waals surface area contributed by atoms with Crippen LogP contribution in [0.5, 0.6) is 0 Å². The monoisotopic (exact) mass is 425 g/mol. The van der Waals surface area contributed by atoms with Crippen molar-refractivity contribution in [2.75, 3.05) is 0 Å². The van der Waals surface area contributed by atoms with Crippen molar-refractivity contribution in [1.29, 1.82) is 0 Å². The number of hydrogen-bond acceptors (Lipinski definition) is 2. The molecule has 2 aromatic heterocycles. The first-order chi connectivity index (χ1) is 14.4. The third kappa shape index (κ3) is 4.45. The van der Waals surface area contributed by atoms with E-state index in [1.165, 1.54) is 10.8 Å². The fourth-order valence-corrected chi connectivity index (χ4v) is 4.76. The van der Waals surface area contributed by atoms with Crippen molar-refractivity contribution >= 4 is 58.4 Å². The fourth-order valence-electron chi connectivity index (χ4n) is 4.76. The summed E-state index contributed by atoms with van der Waals surface area (Å²) in [4.78, 5) is 0. The van der Waals surface area contributed by atoms with E-state index in [4.69, 9.17) is 9.31 Å². The molecule has 0 aliphatic rings. The van der Waals surface area contributed by atoms with Crippen molar-refractivity contribution in [3.05, 3.63) is 60.7 Å². The van der Waals surface area contributed by atoms with Gasteiger partial charge >= 0.3 is 25.4 Å². The first kappa shape index (κ1) is 24.7. The normalized spacial score (nSPS) is 13.0. The predicted molar refractivity (Wildman–Crippen MR) is 140 cm³/mol. The Balaban J connectivity index is 0.00000289. The Labute approximate surface area is 204 Å². The molecule has 0 radical (unpaired) electrons. The van der Waals surface area contributed by atoms with Gasteiger partial charge in [-0.1, -0.05) is 59.7 Å². The molecular weight excluding hydrogens is 390 g/mol. The number of fused-ring (bicyclic) bond motifs is 2. The zero-order valence-corrected chi connectivity index (χ0v) is 20.1. The summed E-state index contributed by atoms with van der Waals surface area (Å²) < 4.78 is 18.4. The van der Waals surface area contributed by atoms with Gasteiger partial charge in [0.25, 0.3) is 0 Å². The first-order valence-corrected chi connectivity index (χ1v) is 11.1. The van der Waals surface area contributed by atoms with E-state index in [0.717, 1.165) is 22.2 Å². The van der Waals surface area contributed by atoms with E-state index in [-0.39, 0.29) is 18.9 Å². The van der Waals surface area contributed by atoms with Crippen molar-refractivity contribution in [1.82, 2.24) is 9.13 Å². The quantitative estimate of drug-likeness (QED) is 0.459. The van der Waals surface area contributed by atoms with Crippen LogP contribution < -0.4 is 11.2 Å². The van der Waals surface area contributed by atoms with Crippen LogP contribution in [0.2, 0.25) is 0 Å². The van der Waals surface area contributed by atoms with Gasteiger partial charge in [-0.25, -0.2) is 0 Å². The molecule has 0 bridgehead atoms. The van der Waals surface area contributed by atoms with Crippen LogP contribution >= 0.6 is 0 Å². The second-order valence-corrected chi connectivity index (χ2v) is 10.5. The first-order valence-electron chi connectivity index (χ1n) is 11.1. The van der Waals surface area contributed by atoms with Gasteiger partial charge in [0.1, 0.15) is 0 Å². The molecule has 0 saturated carbocycles. The molecule has 6 heteroatoms. The third-order valence-corrected chi connectivity index (χ3v) is 5.80. The number of rotatable bonds is 4. The molecule has 4 rings (SSSR count). The molecule has 0 saturated heterocycles. The van der Waals surface area contributed by atoms with E-state index >= 15 is 0 Å². The predicted octanol–water partition coefficient (Wildman–Crippen LogP) is 4.21. The van der Waals surface area contributed by atoms with E-state index in [0.29, 0.717) is 0 Å². The molecule has 166 valence electrons. The average molecular weight is 425 g/mol. The van der Waals surface area contributed by atoms with Gasteiger partial charge in [0.05, 0.1) is 0 Å². The van der Waals surface area contributed by atoms with Gasteiger partial charge < -0.3 is 18.4 Å². The van der Waals surface area contributed by atoms with Crippen LogP contribution in [0.25, 0.3) is 21.8 Å². The van der Waals surface area contributed by atoms with Gasteiger partial charge in [-0.3, -0.25) is 0 Å². The molecule has 0 N–H and O–H groups in total. The standard InChI is InChI=1S/C26H34BN2O2.Li.H/c1-25(2,3)30-27(31-26(4,5)6,23-17-19-13-9-11-15-21(19)28(23)7)24-18-20-14-10-12-16-22(20)29(24)8;;/h9-18H,1-8H3;;/q-1;;. The molecule has 0 fully saturated rings. The summed E-state index contributed by atoms with van der Waals surface area (Å²) in [5, 5.41) is 2.36. The Kier molecular flexibility index (Phi) is 6.55. The minimum atomic E-state index is -2.02. The molecular formula is C26H35BLiN2O2-. The maximum absolute atomic E-state index is 6.99. The number of nitrogens with zero attached hydrogens (tertiary/aromatic N) is 2. The van der Waals surface area contributed by atoms with Gasteiger partial charge in [0, 0.05) is 36.3 Å². The number of hydrogen-bond donors (Lipinski definition) is 0. The Morgan fingerprint density at radius 3 is 1.28 bits per heavy atom. The molecule has 0 unspecified atom stereocenters. The van der Waals surface area contributed by atoms with E-state index in [9.17, 15) is 0 Å². The maximum atomic E-state index is 6.99. The Hall–Kier alpha value is -1.90. The topological polar surface area (TPSA) is 28.3 Å². The summed E-state index contributed by atoms with van der Waals surface area (Å²) in [7, 11) is 4.21. The van der Waals surface area contributed by atoms with Crippen LogP contribution in [-0.2, 0) is 23.4 Å². The van der Waals surface area contributed by atoms with Crippen molar-refractivity contribution in [2.24, 2.45) is 14.1 Å². The average Bonchev–Trinajstić information content (AvgIpc) is 3.18. The van der Waals surface area contributed by atoms with E-state index in [1.54, 1.807) is 0 Å². The summed E-state index contributed by atoms with van der Waals surface area (Å²) >= 11 is 0. The molecule has 2 aromatic carbocycles. The van der Waals surface area contributed by atoms with E-state index in [2.05, 4.69) is 125 Å². The molecule has 0 atom stereocenters. The molecule has 4 aromatic rings. The van der Waals surface area contributed by atoms with Crippen molar-refractivity contribution in [3.63, 3.8) is 0 Å². The number of aryl methyl sites for hydroxylation is 2. The second kappa shape index (κ2) is 8.47. The van der Waals surface area contributed by atoms with Crippen LogP contribution in [0.3, 0.4) is 0 Å². The fraction of sp³-hybridized carbons (Fsp3) is 0.385. The van der Waals surface area contributed by atoms with E-state index < -0.39 is 17.8 Å². The Morgan fingerprint density at radius 2 is 0.969 bits per heavy atom. The Bertz CT molecular complexity index is 1150. The summed E-state index contributed by atoms with van der Waals surface area (Å²) in [5.74, 6) is 0. The second-order valence-electron chi connectivity index (χ2n) is 10.5. The molecule has 32 heavy (non-hydrogen) atoms. The van der Waals surface area contributed by atoms with Gasteiger partial charge in [-0.05, 0) is 64.4 Å². The Morgan fingerprint density at radius 1 is 0.625 bits per heavy atom. The van der Waals surface area contributed by atoms with Crippen molar-refractivity contribution in [2.45, 2.75) is 52.7 Å². The summed E-state index contributed by atoms with van der Waals surface area (Å²) in [6, 6.07) is 21.4. The minimum absolute atomic E-state index is 0. The molecule has 0 aliphatic carbocycles. The van der Waals surface area contributed by atoms with Crippen LogP contribution in [0.4, 0.5) is 0 Å². The van der Waals surface area contributed by atoms with Crippen molar-refractivity contribution < 1.29 is 9.31 Å². The summed E-state index contributed by atoms with van der Waals surface area (Å²) in [6.07, 6.45) is 0. The molecule has 0 amide bonds. The molecule has 0 aliphatic heterocycles. The molecule has 2 heterocycles. The number of benzene rings is 2. The van der Waals surface area contributed by atoms with Crippen LogP contribution in [-0.4, -0.2) is 45.7 Å². The summed E-state index contributed by atoms with van der Waals surface area (Å²) in [6.45, 7) is 10.6. The van der Waals surface area contributed by atoms with E-state index in [1.807, 2.05) is 0 Å². The SMILES string of the molecule is Cn1c([B-](OC(C)(C)C)(OC(C)(C)C)c2cc3ccccc3n2C)cc2ccccc21.[LiH]. The van der Waals surface area contributed by atoms with Gasteiger partial charge in [0.15, 0.2) is 0 Å². The number of para-hydroxylation sites is 2. The van der Waals surface area contributed by atoms with Gasteiger partial charge in [0.2, 0.25) is 0 Å². The molecule has 4 nitrogen and oxygen atoms in total. The zero-order chi connectivity index (χ0) is 22.6. The number of aromatic nitrogens is 2. The zero-order valence-electron chi connectivity index (χ0n) is 20.1. The van der Waals surface area contributed by atoms with Crippen LogP contribution in [0, 0.1) is 0 Å². The third-order valence-electron chi connectivity index (χ3n) is 5.80. The van der Waals surface area contributed by atoms with Crippen LogP contribution in [0.15, 0.2) is 60.7 Å².